The molecule has 0 saturated heterocycles. The average Bonchev–Trinajstić information content (AvgIpc) is 2.42. The third-order valence-electron chi connectivity index (χ3n) is 3.13. The number of hydrogen-bond donors (Lipinski definition) is 1. The first-order chi connectivity index (χ1) is 9.56. The molecule has 0 aliphatic carbocycles. The summed E-state index contributed by atoms with van der Waals surface area (Å²) in [5.74, 6) is -0.445. The van der Waals surface area contributed by atoms with Crippen LogP contribution in [-0.2, 0) is 13.0 Å². The van der Waals surface area contributed by atoms with E-state index < -0.39 is 0 Å². The first kappa shape index (κ1) is 15.1. The molecule has 1 atom stereocenters. The first-order valence-electron chi connectivity index (χ1n) is 6.47. The topological polar surface area (TPSA) is 12.0 Å². The molecule has 2 aromatic rings. The van der Waals surface area contributed by atoms with Crippen molar-refractivity contribution in [2.75, 3.05) is 0 Å². The van der Waals surface area contributed by atoms with Gasteiger partial charge in [0, 0.05) is 17.1 Å². The lowest BCUT2D eigenvalue weighted by molar-refractivity contribution is 0.523. The van der Waals surface area contributed by atoms with E-state index in [1.807, 2.05) is 13.0 Å². The van der Waals surface area contributed by atoms with Crippen LogP contribution < -0.4 is 5.32 Å². The molecule has 0 aromatic heterocycles. The van der Waals surface area contributed by atoms with Gasteiger partial charge < -0.3 is 5.32 Å². The molecule has 2 rings (SSSR count). The van der Waals surface area contributed by atoms with E-state index in [2.05, 4.69) is 21.2 Å². The quantitative estimate of drug-likeness (QED) is 0.848. The van der Waals surface area contributed by atoms with Crippen molar-refractivity contribution in [1.82, 2.24) is 5.32 Å². The van der Waals surface area contributed by atoms with E-state index in [-0.39, 0.29) is 17.7 Å². The van der Waals surface area contributed by atoms with Crippen LogP contribution >= 0.6 is 15.9 Å². The highest BCUT2D eigenvalue weighted by Gasteiger charge is 2.08. The zero-order valence-electron chi connectivity index (χ0n) is 11.2. The van der Waals surface area contributed by atoms with Gasteiger partial charge in [0.25, 0.3) is 0 Å². The smallest absolute Gasteiger partial charge is 0.126 e. The molecule has 106 valence electrons. The molecule has 0 amide bonds. The first-order valence-corrected chi connectivity index (χ1v) is 7.26. The maximum absolute atomic E-state index is 13.5. The average molecular weight is 340 g/mol. The molecule has 0 spiro atoms. The van der Waals surface area contributed by atoms with E-state index in [1.54, 1.807) is 18.2 Å². The maximum Gasteiger partial charge on any atom is 0.126 e. The van der Waals surface area contributed by atoms with E-state index in [0.717, 1.165) is 10.0 Å². The molecule has 20 heavy (non-hydrogen) atoms. The minimum atomic E-state index is -0.258. The summed E-state index contributed by atoms with van der Waals surface area (Å²) in [4.78, 5) is 0. The van der Waals surface area contributed by atoms with Gasteiger partial charge in [0.05, 0.1) is 0 Å². The van der Waals surface area contributed by atoms with Gasteiger partial charge in [-0.2, -0.15) is 0 Å². The highest BCUT2D eigenvalue weighted by Crippen LogP contribution is 2.18. The van der Waals surface area contributed by atoms with Gasteiger partial charge in [-0.05, 0) is 48.7 Å². The minimum absolute atomic E-state index is 0.0991. The molecule has 0 aliphatic heterocycles. The second kappa shape index (κ2) is 6.95. The van der Waals surface area contributed by atoms with Gasteiger partial charge in [-0.1, -0.05) is 34.1 Å². The molecule has 0 fully saturated rings. The fourth-order valence-electron chi connectivity index (χ4n) is 2.03. The van der Waals surface area contributed by atoms with Crippen molar-refractivity contribution in [3.8, 4) is 0 Å². The molecule has 0 heterocycles. The Kier molecular flexibility index (Phi) is 5.26. The number of halogens is 3. The van der Waals surface area contributed by atoms with Crippen molar-refractivity contribution in [2.45, 2.75) is 25.9 Å². The minimum Gasteiger partial charge on any atom is -0.310 e. The Bertz CT molecular complexity index is 586. The zero-order chi connectivity index (χ0) is 14.5. The fourth-order valence-corrected chi connectivity index (χ4v) is 2.42. The molecule has 0 aliphatic rings. The van der Waals surface area contributed by atoms with E-state index >= 15 is 0 Å². The largest absolute Gasteiger partial charge is 0.310 e. The molecular formula is C16H16BrF2N. The lowest BCUT2D eigenvalue weighted by Crippen LogP contribution is -2.28. The Balaban J connectivity index is 1.94. The summed E-state index contributed by atoms with van der Waals surface area (Å²) in [5.41, 5.74) is 1.54. The van der Waals surface area contributed by atoms with Gasteiger partial charge >= 0.3 is 0 Å². The number of hydrogen-bond acceptors (Lipinski definition) is 1. The van der Waals surface area contributed by atoms with E-state index in [0.29, 0.717) is 18.5 Å². The van der Waals surface area contributed by atoms with Crippen LogP contribution in [0.5, 0.6) is 0 Å². The summed E-state index contributed by atoms with van der Waals surface area (Å²) < 4.78 is 27.6. The third-order valence-corrected chi connectivity index (χ3v) is 3.91. The van der Waals surface area contributed by atoms with Crippen LogP contribution in [0.3, 0.4) is 0 Å². The summed E-state index contributed by atoms with van der Waals surface area (Å²) >= 11 is 3.39. The summed E-state index contributed by atoms with van der Waals surface area (Å²) in [5, 5.41) is 3.28. The van der Waals surface area contributed by atoms with Crippen molar-refractivity contribution in [1.29, 1.82) is 0 Å². The highest BCUT2D eigenvalue weighted by molar-refractivity contribution is 9.10. The monoisotopic (exact) mass is 339 g/mol. The summed E-state index contributed by atoms with van der Waals surface area (Å²) in [6.07, 6.45) is 0.597. The molecule has 2 aromatic carbocycles. The van der Waals surface area contributed by atoms with Gasteiger partial charge in [0.15, 0.2) is 0 Å². The predicted molar refractivity (Wildman–Crippen MR) is 80.5 cm³/mol. The maximum atomic E-state index is 13.5. The lowest BCUT2D eigenvalue weighted by atomic mass is 10.1. The summed E-state index contributed by atoms with van der Waals surface area (Å²) in [6, 6.07) is 11.4. The fraction of sp³-hybridized carbons (Fsp3) is 0.250. The van der Waals surface area contributed by atoms with E-state index in [1.165, 1.54) is 18.2 Å². The SMILES string of the molecule is CC(Cc1ccccc1F)NCc1cc(F)ccc1Br. The molecule has 1 unspecified atom stereocenters. The van der Waals surface area contributed by atoms with Crippen LogP contribution in [-0.4, -0.2) is 6.04 Å². The number of rotatable bonds is 5. The zero-order valence-corrected chi connectivity index (χ0v) is 12.8. The van der Waals surface area contributed by atoms with Gasteiger partial charge in [-0.3, -0.25) is 0 Å². The Morgan fingerprint density at radius 1 is 1.10 bits per heavy atom. The van der Waals surface area contributed by atoms with Gasteiger partial charge in [0.2, 0.25) is 0 Å². The third kappa shape index (κ3) is 4.12. The molecule has 0 bridgehead atoms. The Morgan fingerprint density at radius 2 is 1.85 bits per heavy atom. The number of benzene rings is 2. The molecular weight excluding hydrogens is 324 g/mol. The summed E-state index contributed by atoms with van der Waals surface area (Å²) in [7, 11) is 0. The van der Waals surface area contributed by atoms with Gasteiger partial charge in [0.1, 0.15) is 11.6 Å². The van der Waals surface area contributed by atoms with E-state index in [9.17, 15) is 8.78 Å². The standard InChI is InChI=1S/C16H16BrF2N/c1-11(8-12-4-2-3-5-16(12)19)20-10-13-9-14(18)6-7-15(13)17/h2-7,9,11,20H,8,10H2,1H3. The van der Waals surface area contributed by atoms with Crippen LogP contribution in [0.25, 0.3) is 0 Å². The van der Waals surface area contributed by atoms with Crippen LogP contribution in [0, 0.1) is 11.6 Å². The van der Waals surface area contributed by atoms with Crippen molar-refractivity contribution in [2.24, 2.45) is 0 Å². The van der Waals surface area contributed by atoms with Crippen LogP contribution in [0.15, 0.2) is 46.9 Å². The van der Waals surface area contributed by atoms with Gasteiger partial charge in [-0.15, -0.1) is 0 Å². The van der Waals surface area contributed by atoms with Crippen LogP contribution in [0.4, 0.5) is 8.78 Å². The molecule has 1 nitrogen and oxygen atoms in total. The van der Waals surface area contributed by atoms with E-state index in [4.69, 9.17) is 0 Å². The van der Waals surface area contributed by atoms with Crippen LogP contribution in [0.2, 0.25) is 0 Å². The Morgan fingerprint density at radius 3 is 2.60 bits per heavy atom. The molecule has 4 heteroatoms. The number of nitrogens with one attached hydrogen (secondary N) is 1. The highest BCUT2D eigenvalue weighted by atomic mass is 79.9. The predicted octanol–water partition coefficient (Wildman–Crippen LogP) is 4.45. The summed E-state index contributed by atoms with van der Waals surface area (Å²) in [6.45, 7) is 2.52. The van der Waals surface area contributed by atoms with Crippen molar-refractivity contribution < 1.29 is 8.78 Å². The molecule has 1 N–H and O–H groups in total. The molecule has 0 saturated carbocycles. The lowest BCUT2D eigenvalue weighted by Gasteiger charge is -2.15. The Labute approximate surface area is 126 Å². The second-order valence-electron chi connectivity index (χ2n) is 4.81. The second-order valence-corrected chi connectivity index (χ2v) is 5.67. The van der Waals surface area contributed by atoms with Crippen molar-refractivity contribution in [3.05, 3.63) is 69.7 Å². The van der Waals surface area contributed by atoms with Crippen molar-refractivity contribution in [3.63, 3.8) is 0 Å². The normalized spacial score (nSPS) is 12.4. The molecule has 0 radical (unpaired) electrons. The van der Waals surface area contributed by atoms with Crippen LogP contribution in [0.1, 0.15) is 18.1 Å². The van der Waals surface area contributed by atoms with Gasteiger partial charge in [-0.25, -0.2) is 8.78 Å². The Hall–Kier alpha value is -1.26. The van der Waals surface area contributed by atoms with Crippen molar-refractivity contribution >= 4 is 15.9 Å².